The molecule has 144 valence electrons. The van der Waals surface area contributed by atoms with Crippen LogP contribution >= 0.6 is 11.6 Å². The molecule has 0 unspecified atom stereocenters. The number of esters is 2. The quantitative estimate of drug-likeness (QED) is 0.727. The molecule has 1 heterocycles. The van der Waals surface area contributed by atoms with E-state index in [1.165, 1.54) is 24.4 Å². The van der Waals surface area contributed by atoms with E-state index in [4.69, 9.17) is 21.1 Å². The van der Waals surface area contributed by atoms with E-state index in [9.17, 15) is 14.4 Å². The fourth-order valence-electron chi connectivity index (χ4n) is 2.12. The average molecular weight is 394 g/mol. The number of aromatic amines is 1. The Morgan fingerprint density at radius 3 is 1.93 bits per heavy atom. The molecule has 1 aromatic heterocycles. The van der Waals surface area contributed by atoms with Gasteiger partial charge in [-0.3, -0.25) is 9.89 Å². The van der Waals surface area contributed by atoms with Gasteiger partial charge in [0.05, 0.1) is 34.6 Å². The van der Waals surface area contributed by atoms with Gasteiger partial charge in [0.25, 0.3) is 5.91 Å². The number of aromatic nitrogens is 2. The van der Waals surface area contributed by atoms with Gasteiger partial charge in [0.1, 0.15) is 5.69 Å². The minimum Gasteiger partial charge on any atom is -0.459 e. The Hall–Kier alpha value is -2.87. The summed E-state index contributed by atoms with van der Waals surface area (Å²) in [4.78, 5) is 36.8. The monoisotopic (exact) mass is 393 g/mol. The first-order valence-electron chi connectivity index (χ1n) is 8.24. The molecule has 2 aromatic rings. The molecule has 0 bridgehead atoms. The maximum absolute atomic E-state index is 12.3. The van der Waals surface area contributed by atoms with Crippen LogP contribution in [0.5, 0.6) is 0 Å². The molecule has 0 aliphatic rings. The Labute approximate surface area is 161 Å². The van der Waals surface area contributed by atoms with Crippen LogP contribution in [0.1, 0.15) is 58.9 Å². The molecule has 0 aliphatic carbocycles. The number of rotatable bonds is 6. The van der Waals surface area contributed by atoms with Gasteiger partial charge in [-0.1, -0.05) is 11.6 Å². The number of anilines is 1. The number of benzene rings is 1. The first-order valence-corrected chi connectivity index (χ1v) is 8.62. The summed E-state index contributed by atoms with van der Waals surface area (Å²) in [6.07, 6.45) is 0.606. The predicted molar refractivity (Wildman–Crippen MR) is 99.1 cm³/mol. The third kappa shape index (κ3) is 5.55. The van der Waals surface area contributed by atoms with Gasteiger partial charge in [0.2, 0.25) is 0 Å². The number of H-pyrrole nitrogens is 1. The second-order valence-electron chi connectivity index (χ2n) is 6.25. The van der Waals surface area contributed by atoms with Crippen molar-refractivity contribution in [1.82, 2.24) is 10.2 Å². The maximum atomic E-state index is 12.3. The number of ether oxygens (including phenoxy) is 2. The summed E-state index contributed by atoms with van der Waals surface area (Å²) in [5, 5.41) is 8.86. The van der Waals surface area contributed by atoms with Crippen LogP contribution in [0.2, 0.25) is 5.02 Å². The SMILES string of the molecule is CC(C)OC(=O)c1cc(NC(=O)c2[nH]ncc2Cl)cc(C(=O)OC(C)C)c1. The molecule has 0 radical (unpaired) electrons. The van der Waals surface area contributed by atoms with Gasteiger partial charge < -0.3 is 14.8 Å². The van der Waals surface area contributed by atoms with Crippen molar-refractivity contribution >= 4 is 35.1 Å². The van der Waals surface area contributed by atoms with Crippen molar-refractivity contribution in [2.45, 2.75) is 39.9 Å². The molecule has 9 heteroatoms. The fourth-order valence-corrected chi connectivity index (χ4v) is 2.30. The molecule has 1 aromatic carbocycles. The summed E-state index contributed by atoms with van der Waals surface area (Å²) in [6, 6.07) is 4.16. The number of carbonyl (C=O) groups is 3. The number of halogens is 1. The van der Waals surface area contributed by atoms with Crippen LogP contribution in [0.15, 0.2) is 24.4 Å². The lowest BCUT2D eigenvalue weighted by atomic mass is 10.1. The molecule has 8 nitrogen and oxygen atoms in total. The predicted octanol–water partition coefficient (Wildman–Crippen LogP) is 3.45. The van der Waals surface area contributed by atoms with Crippen molar-refractivity contribution in [1.29, 1.82) is 0 Å². The molecule has 2 rings (SSSR count). The first-order chi connectivity index (χ1) is 12.7. The lowest BCUT2D eigenvalue weighted by molar-refractivity contribution is 0.0377. The highest BCUT2D eigenvalue weighted by atomic mass is 35.5. The molecule has 1 amide bonds. The highest BCUT2D eigenvalue weighted by Gasteiger charge is 2.19. The van der Waals surface area contributed by atoms with Gasteiger partial charge in [-0.2, -0.15) is 5.10 Å². The van der Waals surface area contributed by atoms with E-state index in [2.05, 4.69) is 15.5 Å². The summed E-state index contributed by atoms with van der Waals surface area (Å²) in [5.41, 5.74) is 0.471. The van der Waals surface area contributed by atoms with Crippen molar-refractivity contribution in [2.75, 3.05) is 5.32 Å². The van der Waals surface area contributed by atoms with Crippen LogP contribution in [0.25, 0.3) is 0 Å². The van der Waals surface area contributed by atoms with Crippen LogP contribution in [0.3, 0.4) is 0 Å². The van der Waals surface area contributed by atoms with E-state index in [-0.39, 0.29) is 39.7 Å². The largest absolute Gasteiger partial charge is 0.459 e. The number of nitrogens with zero attached hydrogens (tertiary/aromatic N) is 1. The van der Waals surface area contributed by atoms with Gasteiger partial charge in [0, 0.05) is 5.69 Å². The zero-order valence-corrected chi connectivity index (χ0v) is 16.1. The van der Waals surface area contributed by atoms with E-state index >= 15 is 0 Å². The van der Waals surface area contributed by atoms with E-state index in [0.717, 1.165) is 0 Å². The van der Waals surface area contributed by atoms with Gasteiger partial charge >= 0.3 is 11.9 Å². The topological polar surface area (TPSA) is 110 Å². The van der Waals surface area contributed by atoms with Crippen molar-refractivity contribution in [3.05, 3.63) is 46.2 Å². The smallest absolute Gasteiger partial charge is 0.338 e. The van der Waals surface area contributed by atoms with Gasteiger partial charge in [-0.05, 0) is 45.9 Å². The molecule has 0 fully saturated rings. The molecule has 0 saturated heterocycles. The van der Waals surface area contributed by atoms with Crippen molar-refractivity contribution < 1.29 is 23.9 Å². The normalized spacial score (nSPS) is 10.8. The Morgan fingerprint density at radius 1 is 1.00 bits per heavy atom. The van der Waals surface area contributed by atoms with Crippen LogP contribution in [-0.4, -0.2) is 40.3 Å². The van der Waals surface area contributed by atoms with Gasteiger partial charge in [-0.25, -0.2) is 9.59 Å². The molecule has 2 N–H and O–H groups in total. The Kier molecular flexibility index (Phi) is 6.57. The third-order valence-corrected chi connectivity index (χ3v) is 3.45. The summed E-state index contributed by atoms with van der Waals surface area (Å²) < 4.78 is 10.3. The second-order valence-corrected chi connectivity index (χ2v) is 6.66. The number of nitrogens with one attached hydrogen (secondary N) is 2. The molecular weight excluding hydrogens is 374 g/mol. The van der Waals surface area contributed by atoms with E-state index in [0.29, 0.717) is 0 Å². The average Bonchev–Trinajstić information content (AvgIpc) is 2.99. The zero-order chi connectivity index (χ0) is 20.1. The highest BCUT2D eigenvalue weighted by Crippen LogP contribution is 2.20. The highest BCUT2D eigenvalue weighted by molar-refractivity contribution is 6.34. The van der Waals surface area contributed by atoms with Crippen LogP contribution in [-0.2, 0) is 9.47 Å². The van der Waals surface area contributed by atoms with Gasteiger partial charge in [0.15, 0.2) is 0 Å². The number of hydrogen-bond acceptors (Lipinski definition) is 6. The van der Waals surface area contributed by atoms with Crippen molar-refractivity contribution in [3.8, 4) is 0 Å². The first kappa shape index (κ1) is 20.4. The van der Waals surface area contributed by atoms with Crippen molar-refractivity contribution in [2.24, 2.45) is 0 Å². The van der Waals surface area contributed by atoms with E-state index in [1.807, 2.05) is 0 Å². The fraction of sp³-hybridized carbons (Fsp3) is 0.333. The Bertz CT molecular complexity index is 820. The molecule has 27 heavy (non-hydrogen) atoms. The number of carbonyl (C=O) groups excluding carboxylic acids is 3. The summed E-state index contributed by atoms with van der Waals surface area (Å²) in [6.45, 7) is 6.82. The van der Waals surface area contributed by atoms with Crippen LogP contribution < -0.4 is 5.32 Å². The second kappa shape index (κ2) is 8.68. The summed E-state index contributed by atoms with van der Waals surface area (Å²) >= 11 is 5.88. The van der Waals surface area contributed by atoms with E-state index < -0.39 is 17.8 Å². The maximum Gasteiger partial charge on any atom is 0.338 e. The standard InChI is InChI=1S/C18H20ClN3O5/c1-9(2)26-17(24)11-5-12(18(25)27-10(3)4)7-13(6-11)21-16(23)15-14(19)8-20-22-15/h5-10H,1-4H3,(H,20,22)(H,21,23). The number of amides is 1. The summed E-state index contributed by atoms with van der Waals surface area (Å²) in [5.74, 6) is -1.83. The minimum atomic E-state index is -0.626. The van der Waals surface area contributed by atoms with E-state index in [1.54, 1.807) is 27.7 Å². The molecule has 0 spiro atoms. The molecule has 0 saturated carbocycles. The van der Waals surface area contributed by atoms with Crippen molar-refractivity contribution in [3.63, 3.8) is 0 Å². The number of hydrogen-bond donors (Lipinski definition) is 2. The molecule has 0 atom stereocenters. The third-order valence-electron chi connectivity index (χ3n) is 3.17. The minimum absolute atomic E-state index is 0.0538. The Balaban J connectivity index is 2.36. The van der Waals surface area contributed by atoms with Gasteiger partial charge in [-0.15, -0.1) is 0 Å². The Morgan fingerprint density at radius 2 is 1.52 bits per heavy atom. The summed E-state index contributed by atoms with van der Waals surface area (Å²) in [7, 11) is 0. The lowest BCUT2D eigenvalue weighted by Gasteiger charge is -2.13. The zero-order valence-electron chi connectivity index (χ0n) is 15.3. The van der Waals surface area contributed by atoms with Crippen LogP contribution in [0, 0.1) is 0 Å². The van der Waals surface area contributed by atoms with Crippen LogP contribution in [0.4, 0.5) is 5.69 Å². The molecular formula is C18H20ClN3O5. The lowest BCUT2D eigenvalue weighted by Crippen LogP contribution is -2.17. The molecule has 0 aliphatic heterocycles.